The van der Waals surface area contributed by atoms with Crippen LogP contribution in [0, 0.1) is 11.7 Å². The Balaban J connectivity index is 1.37. The summed E-state index contributed by atoms with van der Waals surface area (Å²) in [7, 11) is 1.50. The number of benzene rings is 2. The maximum absolute atomic E-state index is 15.8. The molecule has 0 spiro atoms. The van der Waals surface area contributed by atoms with Gasteiger partial charge in [-0.05, 0) is 61.8 Å². The van der Waals surface area contributed by atoms with Crippen LogP contribution in [0.1, 0.15) is 60.1 Å². The molecule has 8 heteroatoms. The molecule has 0 amide bonds. The first-order chi connectivity index (χ1) is 18.4. The van der Waals surface area contributed by atoms with Crippen LogP contribution in [0.25, 0.3) is 10.9 Å². The molecule has 0 radical (unpaired) electrons. The second kappa shape index (κ2) is 9.73. The number of methoxy groups -OCH3 is 1. The summed E-state index contributed by atoms with van der Waals surface area (Å²) in [5.41, 5.74) is 2.47. The molecule has 0 unspecified atom stereocenters. The van der Waals surface area contributed by atoms with Gasteiger partial charge >= 0.3 is 5.97 Å². The number of halogens is 1. The van der Waals surface area contributed by atoms with E-state index in [9.17, 15) is 14.7 Å². The van der Waals surface area contributed by atoms with Crippen molar-refractivity contribution in [3.05, 3.63) is 69.3 Å². The topological polar surface area (TPSA) is 75.0 Å². The fraction of sp³-hybridized carbons (Fsp3) is 0.467. The molecule has 7 nitrogen and oxygen atoms in total. The molecule has 0 bridgehead atoms. The van der Waals surface area contributed by atoms with Gasteiger partial charge in [-0.25, -0.2) is 9.18 Å². The number of aromatic carboxylic acids is 1. The molecular weight excluding hydrogens is 485 g/mol. The van der Waals surface area contributed by atoms with Crippen LogP contribution in [0.4, 0.5) is 10.1 Å². The molecule has 1 aromatic heterocycles. The van der Waals surface area contributed by atoms with E-state index in [0.29, 0.717) is 35.5 Å². The van der Waals surface area contributed by atoms with Gasteiger partial charge in [0.05, 0.1) is 18.0 Å². The third-order valence-corrected chi connectivity index (χ3v) is 8.60. The predicted octanol–water partition coefficient (Wildman–Crippen LogP) is 4.85. The Kier molecular flexibility index (Phi) is 6.38. The molecule has 3 aliphatic rings. The van der Waals surface area contributed by atoms with Gasteiger partial charge in [0.15, 0.2) is 11.6 Å². The van der Waals surface area contributed by atoms with Crippen LogP contribution in [0.15, 0.2) is 41.3 Å². The molecule has 6 rings (SSSR count). The van der Waals surface area contributed by atoms with Crippen LogP contribution in [0.3, 0.4) is 0 Å². The molecule has 3 fully saturated rings. The highest BCUT2D eigenvalue weighted by Gasteiger charge is 2.41. The van der Waals surface area contributed by atoms with E-state index < -0.39 is 17.2 Å². The van der Waals surface area contributed by atoms with Crippen LogP contribution >= 0.6 is 0 Å². The molecule has 200 valence electrons. The SMILES string of the molecule is CCc1ccc(CN2CCC[C@H]3CN(c4c(F)cc5c(=O)c(C(=O)O)cn(C6CC6)c5c4OC)C[C@H]32)cc1. The lowest BCUT2D eigenvalue weighted by Crippen LogP contribution is -2.44. The Morgan fingerprint density at radius 3 is 2.53 bits per heavy atom. The first-order valence-electron chi connectivity index (χ1n) is 13.6. The van der Waals surface area contributed by atoms with Crippen molar-refractivity contribution >= 4 is 22.6 Å². The molecule has 38 heavy (non-hydrogen) atoms. The Bertz CT molecular complexity index is 1450. The molecule has 3 heterocycles. The van der Waals surface area contributed by atoms with Crippen molar-refractivity contribution in [2.24, 2.45) is 5.92 Å². The quantitative estimate of drug-likeness (QED) is 0.481. The monoisotopic (exact) mass is 519 g/mol. The van der Waals surface area contributed by atoms with E-state index in [-0.39, 0.29) is 17.0 Å². The van der Waals surface area contributed by atoms with Gasteiger partial charge in [-0.3, -0.25) is 9.69 Å². The summed E-state index contributed by atoms with van der Waals surface area (Å²) in [4.78, 5) is 29.4. The number of carbonyl (C=O) groups is 1. The first-order valence-corrected chi connectivity index (χ1v) is 13.6. The predicted molar refractivity (Wildman–Crippen MR) is 145 cm³/mol. The van der Waals surface area contributed by atoms with Gasteiger partial charge in [0, 0.05) is 37.9 Å². The summed E-state index contributed by atoms with van der Waals surface area (Å²) in [6, 6.07) is 10.4. The summed E-state index contributed by atoms with van der Waals surface area (Å²) >= 11 is 0. The molecule has 1 aliphatic carbocycles. The molecule has 1 saturated carbocycles. The molecule has 2 atom stereocenters. The second-order valence-corrected chi connectivity index (χ2v) is 11.0. The van der Waals surface area contributed by atoms with E-state index in [1.165, 1.54) is 30.5 Å². The number of piperidine rings is 1. The van der Waals surface area contributed by atoms with Crippen molar-refractivity contribution in [2.75, 3.05) is 31.6 Å². The minimum absolute atomic E-state index is 0.0589. The van der Waals surface area contributed by atoms with Crippen molar-refractivity contribution in [3.63, 3.8) is 0 Å². The fourth-order valence-electron chi connectivity index (χ4n) is 6.49. The lowest BCUT2D eigenvalue weighted by atomic mass is 9.91. The number of hydrogen-bond donors (Lipinski definition) is 1. The van der Waals surface area contributed by atoms with Crippen LogP contribution in [-0.4, -0.2) is 53.3 Å². The average molecular weight is 520 g/mol. The average Bonchev–Trinajstić information content (AvgIpc) is 3.67. The number of likely N-dealkylation sites (tertiary alicyclic amines) is 1. The molecule has 2 saturated heterocycles. The highest BCUT2D eigenvalue weighted by Crippen LogP contribution is 2.45. The first kappa shape index (κ1) is 24.9. The highest BCUT2D eigenvalue weighted by molar-refractivity contribution is 5.97. The van der Waals surface area contributed by atoms with E-state index in [2.05, 4.69) is 41.0 Å². The minimum Gasteiger partial charge on any atom is -0.492 e. The van der Waals surface area contributed by atoms with Crippen molar-refractivity contribution in [2.45, 2.75) is 57.7 Å². The lowest BCUT2D eigenvalue weighted by Gasteiger charge is -2.36. The van der Waals surface area contributed by atoms with E-state index >= 15 is 4.39 Å². The Hall–Kier alpha value is -3.39. The van der Waals surface area contributed by atoms with Gasteiger partial charge in [0.1, 0.15) is 11.3 Å². The molecule has 2 aromatic carbocycles. The van der Waals surface area contributed by atoms with Crippen LogP contribution in [0.2, 0.25) is 0 Å². The van der Waals surface area contributed by atoms with Crippen LogP contribution < -0.4 is 15.1 Å². The van der Waals surface area contributed by atoms with Gasteiger partial charge in [0.2, 0.25) is 5.43 Å². The van der Waals surface area contributed by atoms with Crippen LogP contribution in [0.5, 0.6) is 5.75 Å². The summed E-state index contributed by atoms with van der Waals surface area (Å²) in [5.74, 6) is -1.11. The number of aryl methyl sites for hydroxylation is 1. The Labute approximate surface area is 221 Å². The van der Waals surface area contributed by atoms with E-state index in [4.69, 9.17) is 4.74 Å². The maximum atomic E-state index is 15.8. The van der Waals surface area contributed by atoms with Crippen molar-refractivity contribution in [1.82, 2.24) is 9.47 Å². The third kappa shape index (κ3) is 4.25. The van der Waals surface area contributed by atoms with E-state index in [0.717, 1.165) is 51.7 Å². The third-order valence-electron chi connectivity index (χ3n) is 8.60. The summed E-state index contributed by atoms with van der Waals surface area (Å²) in [5, 5.41) is 9.66. The Morgan fingerprint density at radius 2 is 1.87 bits per heavy atom. The molecule has 2 aliphatic heterocycles. The van der Waals surface area contributed by atoms with Gasteiger partial charge in [0.25, 0.3) is 0 Å². The number of pyridine rings is 1. The number of anilines is 1. The van der Waals surface area contributed by atoms with Crippen molar-refractivity contribution in [1.29, 1.82) is 0 Å². The number of ether oxygens (including phenoxy) is 1. The van der Waals surface area contributed by atoms with Crippen molar-refractivity contribution in [3.8, 4) is 5.75 Å². The maximum Gasteiger partial charge on any atom is 0.341 e. The summed E-state index contributed by atoms with van der Waals surface area (Å²) < 4.78 is 23.5. The zero-order chi connectivity index (χ0) is 26.6. The number of rotatable bonds is 7. The number of fused-ring (bicyclic) bond motifs is 2. The largest absolute Gasteiger partial charge is 0.492 e. The van der Waals surface area contributed by atoms with Gasteiger partial charge in [-0.1, -0.05) is 31.2 Å². The zero-order valence-corrected chi connectivity index (χ0v) is 22.0. The van der Waals surface area contributed by atoms with E-state index in [1.54, 1.807) is 0 Å². The summed E-state index contributed by atoms with van der Waals surface area (Å²) in [6.07, 6.45) is 6.40. The van der Waals surface area contributed by atoms with Gasteiger partial charge in [-0.15, -0.1) is 0 Å². The fourth-order valence-corrected chi connectivity index (χ4v) is 6.49. The smallest absolute Gasteiger partial charge is 0.341 e. The minimum atomic E-state index is -1.30. The number of carboxylic acid groups (broad SMARTS) is 1. The number of carboxylic acids is 1. The zero-order valence-electron chi connectivity index (χ0n) is 22.0. The van der Waals surface area contributed by atoms with Crippen molar-refractivity contribution < 1.29 is 19.0 Å². The van der Waals surface area contributed by atoms with Gasteiger partial charge < -0.3 is 19.3 Å². The molecule has 3 aromatic rings. The Morgan fingerprint density at radius 1 is 1.13 bits per heavy atom. The highest BCUT2D eigenvalue weighted by atomic mass is 19.1. The number of aromatic nitrogens is 1. The van der Waals surface area contributed by atoms with E-state index in [1.807, 2.05) is 4.57 Å². The van der Waals surface area contributed by atoms with Gasteiger partial charge in [-0.2, -0.15) is 0 Å². The van der Waals surface area contributed by atoms with Crippen LogP contribution in [-0.2, 0) is 13.0 Å². The molecular formula is C30H34FN3O4. The normalized spacial score (nSPS) is 21.6. The lowest BCUT2D eigenvalue weighted by molar-refractivity contribution is 0.0694. The number of hydrogen-bond acceptors (Lipinski definition) is 5. The molecule has 1 N–H and O–H groups in total. The standard InChI is InChI=1S/C30H34FN3O4/c1-3-18-6-8-19(9-7-18)14-32-12-4-5-20-15-33(17-25(20)32)27-24(31)13-22-26(29(27)38-2)34(21-10-11-21)16-23(28(22)35)30(36)37/h6-9,13,16,20-21,25H,3-5,10-12,14-15,17H2,1-2H3,(H,36,37)/t20-,25+/m0/s1. The number of nitrogens with zero attached hydrogens (tertiary/aromatic N) is 3. The summed E-state index contributed by atoms with van der Waals surface area (Å²) in [6.45, 7) is 5.44. The second-order valence-electron chi connectivity index (χ2n) is 11.0.